The van der Waals surface area contributed by atoms with Crippen molar-refractivity contribution in [3.8, 4) is 0 Å². The van der Waals surface area contributed by atoms with Gasteiger partial charge in [-0.3, -0.25) is 0 Å². The highest BCUT2D eigenvalue weighted by atomic mass is 32.2. The lowest BCUT2D eigenvalue weighted by Gasteiger charge is -2.43. The largest absolute Gasteiger partial charge is 0.399 e. The molecule has 104 valence electrons. The van der Waals surface area contributed by atoms with E-state index >= 15 is 0 Å². The third-order valence-electron chi connectivity index (χ3n) is 4.40. The first kappa shape index (κ1) is 13.3. The van der Waals surface area contributed by atoms with E-state index in [0.29, 0.717) is 5.25 Å². The normalized spacial score (nSPS) is 26.4. The zero-order valence-electron chi connectivity index (χ0n) is 11.4. The number of benzene rings is 1. The summed E-state index contributed by atoms with van der Waals surface area (Å²) in [5.74, 6) is 0. The molecule has 2 aliphatic rings. The predicted octanol–water partition coefficient (Wildman–Crippen LogP) is 4.24. The molecule has 2 fully saturated rings. The number of nitrogens with two attached hydrogens (primary N) is 1. The molecular weight excluding hydrogens is 254 g/mol. The Hall–Kier alpha value is -0.670. The van der Waals surface area contributed by atoms with E-state index in [9.17, 15) is 0 Å². The predicted molar refractivity (Wildman–Crippen MR) is 81.5 cm³/mol. The summed E-state index contributed by atoms with van der Waals surface area (Å²) in [7, 11) is 0. The van der Waals surface area contributed by atoms with E-state index in [2.05, 4.69) is 12.1 Å². The summed E-state index contributed by atoms with van der Waals surface area (Å²) < 4.78 is 6.16. The van der Waals surface area contributed by atoms with Crippen molar-refractivity contribution in [1.29, 1.82) is 0 Å². The van der Waals surface area contributed by atoms with E-state index in [1.165, 1.54) is 49.8 Å². The lowest BCUT2D eigenvalue weighted by Crippen LogP contribution is -2.42. The average Bonchev–Trinajstić information content (AvgIpc) is 2.42. The molecule has 1 aliphatic heterocycles. The van der Waals surface area contributed by atoms with Gasteiger partial charge in [-0.15, -0.1) is 11.8 Å². The zero-order valence-corrected chi connectivity index (χ0v) is 12.3. The maximum Gasteiger partial charge on any atom is 0.0693 e. The lowest BCUT2D eigenvalue weighted by atomic mass is 9.80. The zero-order chi connectivity index (χ0) is 13.1. The van der Waals surface area contributed by atoms with E-state index in [-0.39, 0.29) is 5.60 Å². The highest BCUT2D eigenvalue weighted by Crippen LogP contribution is 2.43. The quantitative estimate of drug-likeness (QED) is 0.821. The number of thioether (sulfide) groups is 1. The molecule has 3 rings (SSSR count). The second kappa shape index (κ2) is 5.76. The van der Waals surface area contributed by atoms with Crippen molar-refractivity contribution >= 4 is 17.4 Å². The fraction of sp³-hybridized carbons (Fsp3) is 0.625. The third kappa shape index (κ3) is 3.26. The van der Waals surface area contributed by atoms with Crippen LogP contribution in [0.2, 0.25) is 0 Å². The molecule has 1 spiro atoms. The van der Waals surface area contributed by atoms with Crippen LogP contribution in [0.25, 0.3) is 0 Å². The van der Waals surface area contributed by atoms with Gasteiger partial charge in [0.15, 0.2) is 0 Å². The van der Waals surface area contributed by atoms with Gasteiger partial charge in [0.25, 0.3) is 0 Å². The Kier molecular flexibility index (Phi) is 4.04. The van der Waals surface area contributed by atoms with Crippen LogP contribution in [-0.2, 0) is 4.74 Å². The summed E-state index contributed by atoms with van der Waals surface area (Å²) in [6.45, 7) is 0.937. The van der Waals surface area contributed by atoms with Crippen LogP contribution in [0.15, 0.2) is 29.2 Å². The first-order valence-electron chi connectivity index (χ1n) is 7.42. The summed E-state index contributed by atoms with van der Waals surface area (Å²) in [4.78, 5) is 1.34. The molecule has 2 nitrogen and oxygen atoms in total. The second-order valence-electron chi connectivity index (χ2n) is 5.89. The van der Waals surface area contributed by atoms with Crippen molar-refractivity contribution < 1.29 is 4.74 Å². The number of nitrogen functional groups attached to an aromatic ring is 1. The minimum absolute atomic E-state index is 0.210. The van der Waals surface area contributed by atoms with Crippen LogP contribution in [0.5, 0.6) is 0 Å². The standard InChI is InChI=1S/C16H23NOS/c17-13-4-6-14(7-5-13)19-15-8-11-18-16(12-15)9-2-1-3-10-16/h4-7,15H,1-3,8-12,17H2. The van der Waals surface area contributed by atoms with Gasteiger partial charge in [-0.05, 0) is 49.9 Å². The van der Waals surface area contributed by atoms with E-state index < -0.39 is 0 Å². The summed E-state index contributed by atoms with van der Waals surface area (Å²) >= 11 is 2.01. The van der Waals surface area contributed by atoms with Gasteiger partial charge < -0.3 is 10.5 Å². The molecular formula is C16H23NOS. The van der Waals surface area contributed by atoms with Crippen LogP contribution in [0, 0.1) is 0 Å². The fourth-order valence-electron chi connectivity index (χ4n) is 3.37. The maximum atomic E-state index is 6.16. The van der Waals surface area contributed by atoms with Crippen LogP contribution < -0.4 is 5.73 Å². The smallest absolute Gasteiger partial charge is 0.0693 e. The monoisotopic (exact) mass is 277 g/mol. The van der Waals surface area contributed by atoms with E-state index in [1.807, 2.05) is 23.9 Å². The molecule has 1 aliphatic carbocycles. The second-order valence-corrected chi connectivity index (χ2v) is 7.27. The van der Waals surface area contributed by atoms with Crippen molar-refractivity contribution in [2.24, 2.45) is 0 Å². The molecule has 1 aromatic carbocycles. The number of ether oxygens (including phenoxy) is 1. The van der Waals surface area contributed by atoms with Gasteiger partial charge >= 0.3 is 0 Å². The summed E-state index contributed by atoms with van der Waals surface area (Å²) in [6, 6.07) is 8.28. The number of anilines is 1. The van der Waals surface area contributed by atoms with Crippen LogP contribution in [0.4, 0.5) is 5.69 Å². The molecule has 1 unspecified atom stereocenters. The fourth-order valence-corrected chi connectivity index (χ4v) is 4.65. The van der Waals surface area contributed by atoms with Gasteiger partial charge in [0.2, 0.25) is 0 Å². The Morgan fingerprint density at radius 2 is 1.84 bits per heavy atom. The molecule has 0 amide bonds. The van der Waals surface area contributed by atoms with Gasteiger partial charge in [-0.25, -0.2) is 0 Å². The van der Waals surface area contributed by atoms with Crippen LogP contribution in [-0.4, -0.2) is 17.5 Å². The Balaban J connectivity index is 1.63. The summed E-state index contributed by atoms with van der Waals surface area (Å²) in [5, 5.41) is 0.704. The molecule has 0 radical (unpaired) electrons. The summed E-state index contributed by atoms with van der Waals surface area (Å²) in [6.07, 6.45) is 9.02. The molecule has 2 N–H and O–H groups in total. The Bertz CT molecular complexity index is 406. The van der Waals surface area contributed by atoms with Crippen LogP contribution >= 0.6 is 11.8 Å². The Morgan fingerprint density at radius 3 is 2.58 bits per heavy atom. The van der Waals surface area contributed by atoms with Crippen molar-refractivity contribution in [1.82, 2.24) is 0 Å². The maximum absolute atomic E-state index is 6.16. The molecule has 3 heteroatoms. The lowest BCUT2D eigenvalue weighted by molar-refractivity contribution is -0.0970. The molecule has 1 aromatic rings. The van der Waals surface area contributed by atoms with Crippen molar-refractivity contribution in [3.63, 3.8) is 0 Å². The van der Waals surface area contributed by atoms with Gasteiger partial charge in [-0.1, -0.05) is 19.3 Å². The van der Waals surface area contributed by atoms with Crippen molar-refractivity contribution in [2.45, 2.75) is 60.7 Å². The van der Waals surface area contributed by atoms with E-state index in [1.54, 1.807) is 0 Å². The van der Waals surface area contributed by atoms with Gasteiger partial charge in [-0.2, -0.15) is 0 Å². The minimum atomic E-state index is 0.210. The van der Waals surface area contributed by atoms with Crippen molar-refractivity contribution in [2.75, 3.05) is 12.3 Å². The molecule has 1 saturated heterocycles. The van der Waals surface area contributed by atoms with E-state index in [4.69, 9.17) is 10.5 Å². The molecule has 0 bridgehead atoms. The highest BCUT2D eigenvalue weighted by Gasteiger charge is 2.38. The Morgan fingerprint density at radius 1 is 1.11 bits per heavy atom. The molecule has 1 saturated carbocycles. The van der Waals surface area contributed by atoms with Gasteiger partial charge in [0.1, 0.15) is 0 Å². The molecule has 19 heavy (non-hydrogen) atoms. The third-order valence-corrected chi connectivity index (χ3v) is 5.68. The topological polar surface area (TPSA) is 35.2 Å². The van der Waals surface area contributed by atoms with Crippen LogP contribution in [0.3, 0.4) is 0 Å². The first-order chi connectivity index (χ1) is 9.26. The molecule has 1 heterocycles. The SMILES string of the molecule is Nc1ccc(SC2CCOC3(CCCCC3)C2)cc1. The van der Waals surface area contributed by atoms with Crippen LogP contribution in [0.1, 0.15) is 44.9 Å². The first-order valence-corrected chi connectivity index (χ1v) is 8.30. The number of rotatable bonds is 2. The number of hydrogen-bond donors (Lipinski definition) is 1. The minimum Gasteiger partial charge on any atom is -0.399 e. The van der Waals surface area contributed by atoms with Crippen molar-refractivity contribution in [3.05, 3.63) is 24.3 Å². The Labute approximate surface area is 120 Å². The molecule has 1 atom stereocenters. The summed E-state index contributed by atoms with van der Waals surface area (Å²) in [5.41, 5.74) is 6.80. The number of hydrogen-bond acceptors (Lipinski definition) is 3. The van der Waals surface area contributed by atoms with Gasteiger partial charge in [0, 0.05) is 22.4 Å². The van der Waals surface area contributed by atoms with E-state index in [0.717, 1.165) is 12.3 Å². The highest BCUT2D eigenvalue weighted by molar-refractivity contribution is 8.00. The van der Waals surface area contributed by atoms with Gasteiger partial charge in [0.05, 0.1) is 5.60 Å². The molecule has 0 aromatic heterocycles. The average molecular weight is 277 g/mol.